The minimum atomic E-state index is 0.454. The van der Waals surface area contributed by atoms with Crippen LogP contribution in [0.3, 0.4) is 0 Å². The predicted octanol–water partition coefficient (Wildman–Crippen LogP) is 8.16. The van der Waals surface area contributed by atoms with Crippen LogP contribution in [0.2, 0.25) is 0 Å². The van der Waals surface area contributed by atoms with Gasteiger partial charge in [-0.3, -0.25) is 0 Å². The van der Waals surface area contributed by atoms with Gasteiger partial charge in [0, 0.05) is 22.4 Å². The molecule has 3 aromatic carbocycles. The standard InChI is InChI=1S/C32H24O/c1-3-10-25-23(8-1)20-24-9-2-4-11-26(24)31(25)22-18-16-21(17-19-22)27-13-7-14-29-28-12-5-6-15-30(28)33-32(27)29/h1-4,6-11,13-19,23H,5,12,20H2. The molecule has 0 saturated carbocycles. The molecule has 1 heteroatoms. The Balaban J connectivity index is 1.35. The zero-order valence-electron chi connectivity index (χ0n) is 18.4. The van der Waals surface area contributed by atoms with Gasteiger partial charge in [0.2, 0.25) is 0 Å². The Morgan fingerprint density at radius 3 is 2.55 bits per heavy atom. The molecule has 0 N–H and O–H groups in total. The van der Waals surface area contributed by atoms with Gasteiger partial charge in [-0.1, -0.05) is 97.1 Å². The molecule has 3 aliphatic carbocycles. The molecule has 7 rings (SSSR count). The zero-order chi connectivity index (χ0) is 21.8. The number of aryl methyl sites for hydroxylation is 1. The van der Waals surface area contributed by atoms with Gasteiger partial charge in [-0.2, -0.15) is 0 Å². The molecule has 0 bridgehead atoms. The number of allylic oxidation sites excluding steroid dienone is 6. The maximum atomic E-state index is 6.33. The van der Waals surface area contributed by atoms with E-state index in [1.807, 2.05) is 0 Å². The molecule has 1 heterocycles. The van der Waals surface area contributed by atoms with E-state index in [-0.39, 0.29) is 0 Å². The Morgan fingerprint density at radius 1 is 0.758 bits per heavy atom. The van der Waals surface area contributed by atoms with Crippen molar-refractivity contribution in [2.45, 2.75) is 19.3 Å². The smallest absolute Gasteiger partial charge is 0.142 e. The maximum absolute atomic E-state index is 6.33. The summed E-state index contributed by atoms with van der Waals surface area (Å²) in [5.41, 5.74) is 11.6. The Kier molecular flexibility index (Phi) is 4.17. The normalized spacial score (nSPS) is 18.4. The monoisotopic (exact) mass is 424 g/mol. The summed E-state index contributed by atoms with van der Waals surface area (Å²) in [7, 11) is 0. The van der Waals surface area contributed by atoms with Crippen molar-refractivity contribution >= 4 is 22.6 Å². The van der Waals surface area contributed by atoms with Crippen LogP contribution in [-0.2, 0) is 12.8 Å². The highest BCUT2D eigenvalue weighted by atomic mass is 16.3. The second-order valence-electron chi connectivity index (χ2n) is 9.19. The molecule has 1 nitrogen and oxygen atoms in total. The number of benzene rings is 3. The molecule has 1 unspecified atom stereocenters. The summed E-state index contributed by atoms with van der Waals surface area (Å²) in [5.74, 6) is 1.48. The van der Waals surface area contributed by atoms with Crippen molar-refractivity contribution in [3.8, 4) is 11.1 Å². The number of para-hydroxylation sites is 1. The number of fused-ring (bicyclic) bond motifs is 5. The highest BCUT2D eigenvalue weighted by molar-refractivity contribution is 5.97. The Labute approximate surface area is 194 Å². The first-order valence-corrected chi connectivity index (χ1v) is 11.9. The van der Waals surface area contributed by atoms with Gasteiger partial charge >= 0.3 is 0 Å². The first-order chi connectivity index (χ1) is 16.4. The van der Waals surface area contributed by atoms with Gasteiger partial charge in [-0.05, 0) is 58.7 Å². The minimum absolute atomic E-state index is 0.454. The third-order valence-corrected chi connectivity index (χ3v) is 7.31. The van der Waals surface area contributed by atoms with Crippen LogP contribution in [0.5, 0.6) is 0 Å². The number of rotatable bonds is 2. The quantitative estimate of drug-likeness (QED) is 0.316. The van der Waals surface area contributed by atoms with Crippen molar-refractivity contribution in [3.05, 3.63) is 131 Å². The lowest BCUT2D eigenvalue weighted by atomic mass is 9.75. The van der Waals surface area contributed by atoms with E-state index in [0.717, 1.165) is 30.6 Å². The van der Waals surface area contributed by atoms with Crippen molar-refractivity contribution in [2.75, 3.05) is 0 Å². The lowest BCUT2D eigenvalue weighted by Crippen LogP contribution is -2.15. The molecule has 0 radical (unpaired) electrons. The molecule has 1 atom stereocenters. The topological polar surface area (TPSA) is 13.1 Å². The van der Waals surface area contributed by atoms with Crippen LogP contribution >= 0.6 is 0 Å². The van der Waals surface area contributed by atoms with Gasteiger partial charge in [-0.15, -0.1) is 0 Å². The van der Waals surface area contributed by atoms with Crippen LogP contribution in [0.25, 0.3) is 33.7 Å². The van der Waals surface area contributed by atoms with Crippen molar-refractivity contribution in [1.82, 2.24) is 0 Å². The van der Waals surface area contributed by atoms with E-state index in [0.29, 0.717) is 5.92 Å². The van der Waals surface area contributed by atoms with Crippen molar-refractivity contribution in [3.63, 3.8) is 0 Å². The lowest BCUT2D eigenvalue weighted by molar-refractivity contribution is 0.596. The second-order valence-corrected chi connectivity index (χ2v) is 9.19. The van der Waals surface area contributed by atoms with Crippen LogP contribution in [-0.4, -0.2) is 0 Å². The summed E-state index contributed by atoms with van der Waals surface area (Å²) in [5, 5.41) is 1.25. The predicted molar refractivity (Wildman–Crippen MR) is 137 cm³/mol. The number of hydrogen-bond acceptors (Lipinski definition) is 1. The van der Waals surface area contributed by atoms with E-state index < -0.39 is 0 Å². The molecule has 0 amide bonds. The molecule has 1 aromatic heterocycles. The number of hydrogen-bond donors (Lipinski definition) is 0. The van der Waals surface area contributed by atoms with Gasteiger partial charge in [0.1, 0.15) is 11.3 Å². The zero-order valence-corrected chi connectivity index (χ0v) is 18.4. The molecular formula is C32H24O. The van der Waals surface area contributed by atoms with Gasteiger partial charge in [-0.25, -0.2) is 0 Å². The summed E-state index contributed by atoms with van der Waals surface area (Å²) in [6, 6.07) is 24.5. The average Bonchev–Trinajstić information content (AvgIpc) is 3.26. The van der Waals surface area contributed by atoms with E-state index in [9.17, 15) is 0 Å². The molecule has 33 heavy (non-hydrogen) atoms. The molecular weight excluding hydrogens is 400 g/mol. The van der Waals surface area contributed by atoms with E-state index in [1.165, 1.54) is 49.9 Å². The van der Waals surface area contributed by atoms with Gasteiger partial charge in [0.15, 0.2) is 0 Å². The third kappa shape index (κ3) is 2.93. The molecule has 3 aliphatic rings. The molecule has 4 aromatic rings. The van der Waals surface area contributed by atoms with E-state index in [2.05, 4.69) is 103 Å². The fourth-order valence-corrected chi connectivity index (χ4v) is 5.73. The largest absolute Gasteiger partial charge is 0.456 e. The van der Waals surface area contributed by atoms with Crippen LogP contribution in [0, 0.1) is 5.92 Å². The van der Waals surface area contributed by atoms with Crippen LogP contribution in [0.15, 0.2) is 107 Å². The van der Waals surface area contributed by atoms with Crippen LogP contribution in [0.4, 0.5) is 0 Å². The summed E-state index contributed by atoms with van der Waals surface area (Å²) in [6.45, 7) is 0. The first kappa shape index (κ1) is 18.7. The van der Waals surface area contributed by atoms with Crippen LogP contribution in [0.1, 0.15) is 34.4 Å². The Hall–Kier alpha value is -3.84. The van der Waals surface area contributed by atoms with Gasteiger partial charge in [0.25, 0.3) is 0 Å². The SMILES string of the molecule is C1=CC2=C(c3ccc(-c4cccc5c6c(oc45)C=CCC6)cc3)c3ccccc3CC2C=C1. The van der Waals surface area contributed by atoms with E-state index in [1.54, 1.807) is 0 Å². The summed E-state index contributed by atoms with van der Waals surface area (Å²) >= 11 is 0. The van der Waals surface area contributed by atoms with E-state index >= 15 is 0 Å². The number of furan rings is 1. The van der Waals surface area contributed by atoms with Crippen molar-refractivity contribution in [2.24, 2.45) is 5.92 Å². The second kappa shape index (κ2) is 7.35. The van der Waals surface area contributed by atoms with E-state index in [4.69, 9.17) is 4.42 Å². The fraction of sp³-hybridized carbons (Fsp3) is 0.125. The van der Waals surface area contributed by atoms with Crippen LogP contribution < -0.4 is 0 Å². The molecule has 0 saturated heterocycles. The maximum Gasteiger partial charge on any atom is 0.142 e. The molecule has 158 valence electrons. The van der Waals surface area contributed by atoms with Crippen molar-refractivity contribution in [1.29, 1.82) is 0 Å². The first-order valence-electron chi connectivity index (χ1n) is 11.9. The average molecular weight is 425 g/mol. The molecule has 0 spiro atoms. The van der Waals surface area contributed by atoms with Gasteiger partial charge in [0.05, 0.1) is 0 Å². The Bertz CT molecular complexity index is 1520. The Morgan fingerprint density at radius 2 is 1.61 bits per heavy atom. The van der Waals surface area contributed by atoms with Crippen molar-refractivity contribution < 1.29 is 4.42 Å². The fourth-order valence-electron chi connectivity index (χ4n) is 5.73. The minimum Gasteiger partial charge on any atom is -0.456 e. The third-order valence-electron chi connectivity index (χ3n) is 7.31. The highest BCUT2D eigenvalue weighted by Gasteiger charge is 2.26. The summed E-state index contributed by atoms with van der Waals surface area (Å²) < 4.78 is 6.33. The lowest BCUT2D eigenvalue weighted by Gasteiger charge is -2.29. The highest BCUT2D eigenvalue weighted by Crippen LogP contribution is 2.42. The summed E-state index contributed by atoms with van der Waals surface area (Å²) in [6.07, 6.45) is 16.5. The molecule has 0 fully saturated rings. The summed E-state index contributed by atoms with van der Waals surface area (Å²) in [4.78, 5) is 0. The van der Waals surface area contributed by atoms with Gasteiger partial charge < -0.3 is 4.42 Å². The molecule has 0 aliphatic heterocycles.